The number of halogens is 2. The number of fused-ring (bicyclic) bond motifs is 1. The zero-order valence-corrected chi connectivity index (χ0v) is 11.4. The highest BCUT2D eigenvalue weighted by Crippen LogP contribution is 2.25. The van der Waals surface area contributed by atoms with Crippen molar-refractivity contribution >= 4 is 51.6 Å². The minimum absolute atomic E-state index is 0.0337. The Morgan fingerprint density at radius 2 is 1.65 bits per heavy atom. The molecule has 0 saturated carbocycles. The molecule has 2 rings (SSSR count). The van der Waals surface area contributed by atoms with Crippen molar-refractivity contribution in [3.8, 4) is 0 Å². The maximum Gasteiger partial charge on any atom is 0.261 e. The van der Waals surface area contributed by atoms with Gasteiger partial charge in [0.1, 0.15) is 10.4 Å². The predicted octanol–water partition coefficient (Wildman–Crippen LogP) is 3.03. The molecule has 0 spiro atoms. The maximum absolute atomic E-state index is 11.1. The molecule has 0 aliphatic rings. The Bertz CT molecular complexity index is 668. The van der Waals surface area contributed by atoms with Crippen LogP contribution < -0.4 is 0 Å². The van der Waals surface area contributed by atoms with Gasteiger partial charge in [0, 0.05) is 16.7 Å². The molecule has 0 aliphatic carbocycles. The molecule has 2 aromatic carbocycles. The van der Waals surface area contributed by atoms with Gasteiger partial charge < -0.3 is 4.55 Å². The smallest absolute Gasteiger partial charge is 0.261 e. The van der Waals surface area contributed by atoms with E-state index in [0.717, 1.165) is 5.39 Å². The molecule has 1 atom stereocenters. The molecule has 0 fully saturated rings. The lowest BCUT2D eigenvalue weighted by Crippen LogP contribution is -1.92. The van der Waals surface area contributed by atoms with Crippen LogP contribution in [0.4, 0.5) is 0 Å². The molecule has 0 aromatic heterocycles. The molecule has 7 heteroatoms. The molecule has 2 aromatic rings. The Kier molecular flexibility index (Phi) is 3.56. The zero-order valence-electron chi connectivity index (χ0n) is 8.26. The third-order valence-corrected chi connectivity index (χ3v) is 4.76. The van der Waals surface area contributed by atoms with Crippen LogP contribution in [0.25, 0.3) is 10.8 Å². The summed E-state index contributed by atoms with van der Waals surface area (Å²) >= 11 is 0. The number of benzene rings is 2. The monoisotopic (exact) mass is 308 g/mol. The fourth-order valence-electron chi connectivity index (χ4n) is 1.45. The minimum atomic E-state index is -3.73. The minimum Gasteiger partial charge on any atom is -0.594 e. The van der Waals surface area contributed by atoms with Gasteiger partial charge in [-0.15, -0.1) is 0 Å². The molecule has 0 N–H and O–H groups in total. The van der Waals surface area contributed by atoms with Crippen LogP contribution in [0.2, 0.25) is 0 Å². The van der Waals surface area contributed by atoms with Gasteiger partial charge in [0.2, 0.25) is 0 Å². The van der Waals surface area contributed by atoms with Gasteiger partial charge in [-0.1, -0.05) is 6.07 Å². The largest absolute Gasteiger partial charge is 0.594 e. The summed E-state index contributed by atoms with van der Waals surface area (Å²) in [4.78, 5) is 0.507. The van der Waals surface area contributed by atoms with Gasteiger partial charge in [0.05, 0.1) is 4.90 Å². The van der Waals surface area contributed by atoms with Crippen molar-refractivity contribution in [1.82, 2.24) is 0 Å². The van der Waals surface area contributed by atoms with Crippen LogP contribution in [-0.2, 0) is 19.4 Å². The van der Waals surface area contributed by atoms with Crippen molar-refractivity contribution in [2.45, 2.75) is 9.79 Å². The first-order chi connectivity index (χ1) is 7.88. The Labute approximate surface area is 110 Å². The number of hydrogen-bond acceptors (Lipinski definition) is 3. The van der Waals surface area contributed by atoms with Gasteiger partial charge >= 0.3 is 0 Å². The Hall–Kier alpha value is -0.460. The molecule has 17 heavy (non-hydrogen) atoms. The van der Waals surface area contributed by atoms with Gasteiger partial charge in [-0.2, -0.15) is 0 Å². The van der Waals surface area contributed by atoms with Gasteiger partial charge in [-0.3, -0.25) is 0 Å². The molecule has 0 radical (unpaired) electrons. The number of rotatable bonds is 2. The van der Waals surface area contributed by atoms with Crippen molar-refractivity contribution in [2.75, 3.05) is 0 Å². The SMILES string of the molecule is O=S(=O)(Cl)c1ccc2cc([S+]([O-])Cl)ccc2c1. The summed E-state index contributed by atoms with van der Waals surface area (Å²) in [5.41, 5.74) is 0. The van der Waals surface area contributed by atoms with Gasteiger partial charge in [0.15, 0.2) is 15.6 Å². The highest BCUT2D eigenvalue weighted by molar-refractivity contribution is 8.14. The lowest BCUT2D eigenvalue weighted by atomic mass is 10.1. The third kappa shape index (κ3) is 2.86. The molecule has 0 heterocycles. The molecule has 90 valence electrons. The molecule has 0 bridgehead atoms. The molecule has 0 saturated heterocycles. The predicted molar refractivity (Wildman–Crippen MR) is 69.2 cm³/mol. The van der Waals surface area contributed by atoms with E-state index < -0.39 is 19.4 Å². The molecule has 0 amide bonds. The van der Waals surface area contributed by atoms with Crippen LogP contribution in [0.3, 0.4) is 0 Å². The lowest BCUT2D eigenvalue weighted by molar-refractivity contribution is 0.607. The second kappa shape index (κ2) is 4.66. The van der Waals surface area contributed by atoms with Crippen molar-refractivity contribution in [2.24, 2.45) is 0 Å². The van der Waals surface area contributed by atoms with Crippen molar-refractivity contribution in [1.29, 1.82) is 0 Å². The summed E-state index contributed by atoms with van der Waals surface area (Å²) in [6.07, 6.45) is 0. The fourth-order valence-corrected chi connectivity index (χ4v) is 2.92. The van der Waals surface area contributed by atoms with E-state index >= 15 is 0 Å². The normalized spacial score (nSPS) is 13.8. The maximum atomic E-state index is 11.1. The first-order valence-corrected chi connectivity index (χ1v) is 8.73. The van der Waals surface area contributed by atoms with Crippen molar-refractivity contribution in [3.63, 3.8) is 0 Å². The number of hydrogen-bond donors (Lipinski definition) is 0. The van der Waals surface area contributed by atoms with E-state index in [4.69, 9.17) is 21.4 Å². The quantitative estimate of drug-likeness (QED) is 0.633. The fraction of sp³-hybridized carbons (Fsp3) is 0. The van der Waals surface area contributed by atoms with E-state index in [1.807, 2.05) is 0 Å². The summed E-state index contributed by atoms with van der Waals surface area (Å²) in [7, 11) is 5.39. The highest BCUT2D eigenvalue weighted by atomic mass is 35.7. The van der Waals surface area contributed by atoms with Crippen LogP contribution in [0.5, 0.6) is 0 Å². The Morgan fingerprint density at radius 3 is 2.24 bits per heavy atom. The van der Waals surface area contributed by atoms with E-state index in [1.54, 1.807) is 24.3 Å². The molecular formula is C10H6Cl2O3S2. The van der Waals surface area contributed by atoms with Crippen molar-refractivity contribution < 1.29 is 13.0 Å². The van der Waals surface area contributed by atoms with Crippen LogP contribution in [0.15, 0.2) is 46.2 Å². The van der Waals surface area contributed by atoms with Gasteiger partial charge in [-0.25, -0.2) is 8.42 Å². The van der Waals surface area contributed by atoms with Crippen molar-refractivity contribution in [3.05, 3.63) is 36.4 Å². The van der Waals surface area contributed by atoms with E-state index in [9.17, 15) is 13.0 Å². The second-order valence-corrected chi connectivity index (χ2v) is 7.66. The summed E-state index contributed by atoms with van der Waals surface area (Å²) < 4.78 is 33.4. The average Bonchev–Trinajstić information content (AvgIpc) is 2.26. The van der Waals surface area contributed by atoms with Crippen LogP contribution >= 0.6 is 21.4 Å². The van der Waals surface area contributed by atoms with E-state index in [2.05, 4.69) is 0 Å². The topological polar surface area (TPSA) is 57.2 Å². The highest BCUT2D eigenvalue weighted by Gasteiger charge is 2.12. The summed E-state index contributed by atoms with van der Waals surface area (Å²) in [5, 5.41) is 1.44. The molecule has 1 unspecified atom stereocenters. The molecule has 3 nitrogen and oxygen atoms in total. The second-order valence-electron chi connectivity index (χ2n) is 3.33. The standard InChI is InChI=1S/C10H6Cl2O3S2/c11-16(13)9-3-1-8-6-10(17(12,14)15)4-2-7(8)5-9/h1-6H. The Balaban J connectivity index is 2.62. The van der Waals surface area contributed by atoms with E-state index in [-0.39, 0.29) is 4.90 Å². The zero-order chi connectivity index (χ0) is 12.6. The third-order valence-electron chi connectivity index (χ3n) is 2.25. The van der Waals surface area contributed by atoms with Crippen LogP contribution in [0.1, 0.15) is 0 Å². The first kappa shape index (κ1) is 13.0. The average molecular weight is 309 g/mol. The lowest BCUT2D eigenvalue weighted by Gasteiger charge is -2.03. The summed E-state index contributed by atoms with van der Waals surface area (Å²) in [5.74, 6) is 0. The van der Waals surface area contributed by atoms with Crippen LogP contribution in [0, 0.1) is 0 Å². The molecule has 0 aliphatic heterocycles. The van der Waals surface area contributed by atoms with E-state index in [1.165, 1.54) is 12.1 Å². The van der Waals surface area contributed by atoms with Crippen LogP contribution in [-0.4, -0.2) is 13.0 Å². The van der Waals surface area contributed by atoms with E-state index in [0.29, 0.717) is 10.3 Å². The van der Waals surface area contributed by atoms with Gasteiger partial charge in [-0.05, 0) is 35.0 Å². The first-order valence-electron chi connectivity index (χ1n) is 4.44. The van der Waals surface area contributed by atoms with Gasteiger partial charge in [0.25, 0.3) is 9.05 Å². The Morgan fingerprint density at radius 1 is 1.06 bits per heavy atom. The summed E-state index contributed by atoms with van der Waals surface area (Å²) in [6, 6.07) is 9.32. The molecular weight excluding hydrogens is 303 g/mol. The summed E-state index contributed by atoms with van der Waals surface area (Å²) in [6.45, 7) is 0.